The molecule has 0 aliphatic carbocycles. The average molecular weight is 311 g/mol. The molecule has 0 saturated heterocycles. The van der Waals surface area contributed by atoms with Gasteiger partial charge in [0.1, 0.15) is 6.04 Å². The Kier molecular flexibility index (Phi) is 5.38. The van der Waals surface area contributed by atoms with Crippen molar-refractivity contribution in [3.8, 4) is 11.7 Å². The topological polar surface area (TPSA) is 118 Å². The minimum Gasteiger partial charge on any atom is -0.480 e. The van der Waals surface area contributed by atoms with Gasteiger partial charge in [0.05, 0.1) is 12.0 Å². The van der Waals surface area contributed by atoms with Crippen molar-refractivity contribution in [2.24, 2.45) is 0 Å². The van der Waals surface area contributed by atoms with Gasteiger partial charge in [-0.15, -0.1) is 10.2 Å². The van der Waals surface area contributed by atoms with Crippen molar-refractivity contribution >= 4 is 24.1 Å². The second-order valence-corrected chi connectivity index (χ2v) is 5.10. The standard InChI is InChI=1S/C12H13N3O5S/c16-7-13-8(12(17)18)3-5-21-6-10-14-15-11(20-10)9-2-1-4-19-9/h1-2,4,7-8H,3,5-6H2,(H,13,16)(H,17,18). The van der Waals surface area contributed by atoms with E-state index in [9.17, 15) is 9.59 Å². The van der Waals surface area contributed by atoms with Gasteiger partial charge in [0.25, 0.3) is 5.89 Å². The zero-order valence-corrected chi connectivity index (χ0v) is 11.7. The number of furan rings is 1. The van der Waals surface area contributed by atoms with E-state index in [0.29, 0.717) is 41.9 Å². The number of carbonyl (C=O) groups is 2. The number of nitrogens with zero attached hydrogens (tertiary/aromatic N) is 2. The number of carboxylic acid groups (broad SMARTS) is 1. The third kappa shape index (κ3) is 4.35. The summed E-state index contributed by atoms with van der Waals surface area (Å²) in [5, 5.41) is 18.8. The molecule has 2 aromatic rings. The van der Waals surface area contributed by atoms with E-state index in [1.165, 1.54) is 18.0 Å². The van der Waals surface area contributed by atoms with Crippen LogP contribution in [0.1, 0.15) is 12.3 Å². The van der Waals surface area contributed by atoms with Gasteiger partial charge in [-0.3, -0.25) is 4.79 Å². The maximum atomic E-state index is 10.8. The predicted octanol–water partition coefficient (Wildman–Crippen LogP) is 1.15. The molecule has 0 radical (unpaired) electrons. The van der Waals surface area contributed by atoms with Crippen molar-refractivity contribution in [2.75, 3.05) is 5.75 Å². The third-order valence-corrected chi connectivity index (χ3v) is 3.52. The highest BCUT2D eigenvalue weighted by Crippen LogP contribution is 2.20. The van der Waals surface area contributed by atoms with Crippen LogP contribution in [0.25, 0.3) is 11.7 Å². The first-order valence-corrected chi connectivity index (χ1v) is 7.22. The van der Waals surface area contributed by atoms with Gasteiger partial charge in [-0.1, -0.05) is 0 Å². The van der Waals surface area contributed by atoms with Crippen molar-refractivity contribution < 1.29 is 23.5 Å². The molecule has 112 valence electrons. The monoisotopic (exact) mass is 311 g/mol. The molecule has 0 spiro atoms. The molecule has 2 rings (SSSR count). The van der Waals surface area contributed by atoms with Crippen LogP contribution in [0.5, 0.6) is 0 Å². The van der Waals surface area contributed by atoms with Crippen LogP contribution in [0.15, 0.2) is 27.2 Å². The molecule has 0 bridgehead atoms. The smallest absolute Gasteiger partial charge is 0.326 e. The van der Waals surface area contributed by atoms with Crippen LogP contribution < -0.4 is 5.32 Å². The summed E-state index contributed by atoms with van der Waals surface area (Å²) in [6, 6.07) is 2.56. The van der Waals surface area contributed by atoms with Gasteiger partial charge in [0, 0.05) is 0 Å². The van der Waals surface area contributed by atoms with Gasteiger partial charge in [-0.2, -0.15) is 11.8 Å². The van der Waals surface area contributed by atoms with Crippen LogP contribution in [0, 0.1) is 0 Å². The fourth-order valence-electron chi connectivity index (χ4n) is 1.53. The van der Waals surface area contributed by atoms with E-state index >= 15 is 0 Å². The quantitative estimate of drug-likeness (QED) is 0.523. The number of carbonyl (C=O) groups excluding carboxylic acids is 1. The van der Waals surface area contributed by atoms with E-state index in [2.05, 4.69) is 15.5 Å². The highest BCUT2D eigenvalue weighted by molar-refractivity contribution is 7.98. The number of nitrogens with one attached hydrogen (secondary N) is 1. The Morgan fingerprint density at radius 2 is 2.38 bits per heavy atom. The lowest BCUT2D eigenvalue weighted by molar-refractivity contribution is -0.140. The van der Waals surface area contributed by atoms with Gasteiger partial charge in [-0.25, -0.2) is 4.79 Å². The largest absolute Gasteiger partial charge is 0.480 e. The van der Waals surface area contributed by atoms with Crippen LogP contribution >= 0.6 is 11.8 Å². The predicted molar refractivity (Wildman–Crippen MR) is 73.4 cm³/mol. The SMILES string of the molecule is O=CNC(CCSCc1nnc(-c2ccco2)o1)C(=O)O. The lowest BCUT2D eigenvalue weighted by Gasteiger charge is -2.09. The first-order chi connectivity index (χ1) is 10.2. The number of amides is 1. The number of thioether (sulfide) groups is 1. The summed E-state index contributed by atoms with van der Waals surface area (Å²) in [6.45, 7) is 0. The summed E-state index contributed by atoms with van der Waals surface area (Å²) in [4.78, 5) is 21.1. The van der Waals surface area contributed by atoms with E-state index in [4.69, 9.17) is 13.9 Å². The summed E-state index contributed by atoms with van der Waals surface area (Å²) in [6.07, 6.45) is 2.22. The normalized spacial score (nSPS) is 12.0. The van der Waals surface area contributed by atoms with Gasteiger partial charge < -0.3 is 19.3 Å². The number of carboxylic acids is 1. The molecule has 0 aromatic carbocycles. The maximum Gasteiger partial charge on any atom is 0.326 e. The Balaban J connectivity index is 1.76. The Morgan fingerprint density at radius 1 is 1.52 bits per heavy atom. The molecule has 1 unspecified atom stereocenters. The van der Waals surface area contributed by atoms with Gasteiger partial charge in [0.2, 0.25) is 12.3 Å². The summed E-state index contributed by atoms with van der Waals surface area (Å²) in [7, 11) is 0. The van der Waals surface area contributed by atoms with Crippen LogP contribution in [0.4, 0.5) is 0 Å². The second kappa shape index (κ2) is 7.48. The van der Waals surface area contributed by atoms with Crippen molar-refractivity contribution in [3.63, 3.8) is 0 Å². The highest BCUT2D eigenvalue weighted by Gasteiger charge is 2.16. The molecule has 8 nitrogen and oxygen atoms in total. The number of hydrogen-bond donors (Lipinski definition) is 2. The van der Waals surface area contributed by atoms with Crippen LogP contribution in [-0.2, 0) is 15.3 Å². The molecule has 1 atom stereocenters. The Morgan fingerprint density at radius 3 is 3.05 bits per heavy atom. The van der Waals surface area contributed by atoms with Crippen LogP contribution in [-0.4, -0.2) is 39.5 Å². The number of hydrogen-bond acceptors (Lipinski definition) is 7. The second-order valence-electron chi connectivity index (χ2n) is 3.99. The Hall–Kier alpha value is -2.29. The lowest BCUT2D eigenvalue weighted by atomic mass is 10.2. The molecule has 0 aliphatic heterocycles. The Bertz CT molecular complexity index is 583. The molecular formula is C12H13N3O5S. The highest BCUT2D eigenvalue weighted by atomic mass is 32.2. The first-order valence-electron chi connectivity index (χ1n) is 6.07. The number of rotatable bonds is 9. The van der Waals surface area contributed by atoms with Crippen LogP contribution in [0.3, 0.4) is 0 Å². The zero-order valence-electron chi connectivity index (χ0n) is 10.9. The van der Waals surface area contributed by atoms with Gasteiger partial charge in [-0.05, 0) is 24.3 Å². The van der Waals surface area contributed by atoms with Gasteiger partial charge >= 0.3 is 5.97 Å². The average Bonchev–Trinajstić information content (AvgIpc) is 3.12. The number of aromatic nitrogens is 2. The van der Waals surface area contributed by atoms with Crippen molar-refractivity contribution in [1.82, 2.24) is 15.5 Å². The van der Waals surface area contributed by atoms with E-state index in [-0.39, 0.29) is 0 Å². The lowest BCUT2D eigenvalue weighted by Crippen LogP contribution is -2.36. The Labute approximate surface area is 123 Å². The molecular weight excluding hydrogens is 298 g/mol. The van der Waals surface area contributed by atoms with E-state index < -0.39 is 12.0 Å². The van der Waals surface area contributed by atoms with Crippen LogP contribution in [0.2, 0.25) is 0 Å². The number of aliphatic carboxylic acids is 1. The van der Waals surface area contributed by atoms with Gasteiger partial charge in [0.15, 0.2) is 5.76 Å². The molecule has 0 fully saturated rings. The van der Waals surface area contributed by atoms with Crippen molar-refractivity contribution in [1.29, 1.82) is 0 Å². The maximum absolute atomic E-state index is 10.8. The van der Waals surface area contributed by atoms with E-state index in [1.54, 1.807) is 12.1 Å². The molecule has 2 heterocycles. The molecule has 21 heavy (non-hydrogen) atoms. The van der Waals surface area contributed by atoms with Crippen molar-refractivity contribution in [3.05, 3.63) is 24.3 Å². The summed E-state index contributed by atoms with van der Waals surface area (Å²) in [5.41, 5.74) is 0. The molecule has 9 heteroatoms. The minimum absolute atomic E-state index is 0.307. The summed E-state index contributed by atoms with van der Waals surface area (Å²) < 4.78 is 10.5. The van der Waals surface area contributed by atoms with E-state index in [1.807, 2.05) is 0 Å². The van der Waals surface area contributed by atoms with E-state index in [0.717, 1.165) is 0 Å². The molecule has 0 aliphatic rings. The van der Waals surface area contributed by atoms with Crippen molar-refractivity contribution in [2.45, 2.75) is 18.2 Å². The molecule has 2 aromatic heterocycles. The fraction of sp³-hybridized carbons (Fsp3) is 0.333. The molecule has 0 saturated carbocycles. The first kappa shape index (κ1) is 15.1. The molecule has 1 amide bonds. The summed E-state index contributed by atoms with van der Waals surface area (Å²) >= 11 is 1.44. The summed E-state index contributed by atoms with van der Waals surface area (Å²) in [5.74, 6) is 1.18. The fourth-order valence-corrected chi connectivity index (χ4v) is 2.37. The minimum atomic E-state index is -1.06. The zero-order chi connectivity index (χ0) is 15.1. The molecule has 2 N–H and O–H groups in total. The third-order valence-electron chi connectivity index (χ3n) is 2.54.